The van der Waals surface area contributed by atoms with Crippen molar-refractivity contribution in [2.45, 2.75) is 39.8 Å². The van der Waals surface area contributed by atoms with Gasteiger partial charge in [0.15, 0.2) is 0 Å². The predicted octanol–water partition coefficient (Wildman–Crippen LogP) is 3.48. The van der Waals surface area contributed by atoms with Gasteiger partial charge in [0.05, 0.1) is 0 Å². The zero-order valence-electron chi connectivity index (χ0n) is 12.0. The van der Waals surface area contributed by atoms with Crippen LogP contribution in [-0.4, -0.2) is 11.0 Å². The van der Waals surface area contributed by atoms with E-state index in [1.807, 2.05) is 12.4 Å². The number of hydrogen-bond acceptors (Lipinski definition) is 2. The first-order chi connectivity index (χ1) is 9.15. The molecule has 0 saturated heterocycles. The molecular weight excluding hydrogens is 232 g/mol. The van der Waals surface area contributed by atoms with E-state index in [2.05, 4.69) is 61.4 Å². The fourth-order valence-corrected chi connectivity index (χ4v) is 2.13. The van der Waals surface area contributed by atoms with Gasteiger partial charge in [-0.15, -0.1) is 0 Å². The fraction of sp³-hybridized carbons (Fsp3) is 0.353. The summed E-state index contributed by atoms with van der Waals surface area (Å²) in [7, 11) is 0. The minimum Gasteiger partial charge on any atom is -0.310 e. The molecule has 0 bridgehead atoms. The molecule has 0 fully saturated rings. The van der Waals surface area contributed by atoms with Gasteiger partial charge >= 0.3 is 0 Å². The highest BCUT2D eigenvalue weighted by atomic mass is 14.9. The van der Waals surface area contributed by atoms with Gasteiger partial charge in [0, 0.05) is 25.0 Å². The van der Waals surface area contributed by atoms with E-state index in [4.69, 9.17) is 0 Å². The van der Waals surface area contributed by atoms with Crippen molar-refractivity contribution in [2.75, 3.05) is 0 Å². The number of rotatable bonds is 5. The van der Waals surface area contributed by atoms with Crippen LogP contribution < -0.4 is 5.32 Å². The highest BCUT2D eigenvalue weighted by molar-refractivity contribution is 5.35. The van der Waals surface area contributed by atoms with E-state index in [1.165, 1.54) is 22.3 Å². The first-order valence-corrected chi connectivity index (χ1v) is 6.86. The van der Waals surface area contributed by atoms with Crippen molar-refractivity contribution in [3.63, 3.8) is 0 Å². The number of nitrogens with one attached hydrogen (secondary N) is 1. The lowest BCUT2D eigenvalue weighted by Gasteiger charge is -2.13. The van der Waals surface area contributed by atoms with Crippen molar-refractivity contribution in [3.8, 4) is 0 Å². The summed E-state index contributed by atoms with van der Waals surface area (Å²) >= 11 is 0. The first-order valence-electron chi connectivity index (χ1n) is 6.86. The molecule has 0 aliphatic heterocycles. The van der Waals surface area contributed by atoms with Crippen molar-refractivity contribution in [1.29, 1.82) is 0 Å². The number of aromatic nitrogens is 1. The van der Waals surface area contributed by atoms with E-state index in [1.54, 1.807) is 0 Å². The van der Waals surface area contributed by atoms with Crippen LogP contribution in [0.1, 0.15) is 36.1 Å². The molecule has 0 aliphatic rings. The average molecular weight is 254 g/mol. The van der Waals surface area contributed by atoms with Crippen LogP contribution in [0, 0.1) is 6.92 Å². The van der Waals surface area contributed by atoms with Crippen molar-refractivity contribution >= 4 is 0 Å². The quantitative estimate of drug-likeness (QED) is 0.883. The molecule has 0 unspecified atom stereocenters. The van der Waals surface area contributed by atoms with Gasteiger partial charge in [0.1, 0.15) is 0 Å². The minimum atomic E-state index is 0.509. The molecule has 0 amide bonds. The summed E-state index contributed by atoms with van der Waals surface area (Å²) in [6.45, 7) is 7.43. The van der Waals surface area contributed by atoms with E-state index in [0.29, 0.717) is 6.04 Å². The van der Waals surface area contributed by atoms with E-state index >= 15 is 0 Å². The molecule has 100 valence electrons. The lowest BCUT2D eigenvalue weighted by molar-refractivity contribution is 0.587. The number of pyridine rings is 1. The molecule has 0 spiro atoms. The maximum atomic E-state index is 4.07. The lowest BCUT2D eigenvalue weighted by Crippen LogP contribution is -2.22. The number of nitrogens with zero attached hydrogens (tertiary/aromatic N) is 1. The molecule has 1 aromatic heterocycles. The fourth-order valence-electron chi connectivity index (χ4n) is 2.13. The Hall–Kier alpha value is -1.67. The molecule has 0 radical (unpaired) electrons. The summed E-state index contributed by atoms with van der Waals surface area (Å²) in [5, 5.41) is 3.50. The number of benzene rings is 1. The van der Waals surface area contributed by atoms with Crippen molar-refractivity contribution < 1.29 is 0 Å². The van der Waals surface area contributed by atoms with Crippen molar-refractivity contribution in [2.24, 2.45) is 0 Å². The van der Waals surface area contributed by atoms with Gasteiger partial charge in [-0.2, -0.15) is 0 Å². The van der Waals surface area contributed by atoms with Gasteiger partial charge in [0.25, 0.3) is 0 Å². The monoisotopic (exact) mass is 254 g/mol. The largest absolute Gasteiger partial charge is 0.310 e. The maximum Gasteiger partial charge on any atom is 0.0270 e. The molecule has 2 nitrogen and oxygen atoms in total. The second kappa shape index (κ2) is 6.48. The normalized spacial score (nSPS) is 10.9. The third-order valence-electron chi connectivity index (χ3n) is 3.21. The number of aryl methyl sites for hydroxylation is 1. The van der Waals surface area contributed by atoms with Crippen molar-refractivity contribution in [3.05, 3.63) is 65.0 Å². The van der Waals surface area contributed by atoms with Crippen LogP contribution in [0.25, 0.3) is 0 Å². The van der Waals surface area contributed by atoms with E-state index in [0.717, 1.165) is 13.0 Å². The molecule has 2 aromatic rings. The third kappa shape index (κ3) is 4.18. The summed E-state index contributed by atoms with van der Waals surface area (Å²) < 4.78 is 0. The lowest BCUT2D eigenvalue weighted by atomic mass is 9.98. The summed E-state index contributed by atoms with van der Waals surface area (Å²) in [6, 6.07) is 11.4. The molecule has 1 heterocycles. The maximum absolute atomic E-state index is 4.07. The summed E-state index contributed by atoms with van der Waals surface area (Å²) in [6.07, 6.45) is 4.69. The smallest absolute Gasteiger partial charge is 0.0270 e. The standard InChI is InChI=1S/C17H22N2/c1-13(2)19-12-16-5-4-14(3)10-17(16)11-15-6-8-18-9-7-15/h4-10,13,19H,11-12H2,1-3H3. The van der Waals surface area contributed by atoms with Crippen LogP contribution >= 0.6 is 0 Å². The second-order valence-corrected chi connectivity index (χ2v) is 5.34. The second-order valence-electron chi connectivity index (χ2n) is 5.34. The molecule has 1 N–H and O–H groups in total. The zero-order chi connectivity index (χ0) is 13.7. The highest BCUT2D eigenvalue weighted by Crippen LogP contribution is 2.16. The molecule has 19 heavy (non-hydrogen) atoms. The summed E-state index contributed by atoms with van der Waals surface area (Å²) in [4.78, 5) is 4.07. The highest BCUT2D eigenvalue weighted by Gasteiger charge is 2.05. The summed E-state index contributed by atoms with van der Waals surface area (Å²) in [5.41, 5.74) is 5.42. The minimum absolute atomic E-state index is 0.509. The van der Waals surface area contributed by atoms with E-state index in [-0.39, 0.29) is 0 Å². The Bertz CT molecular complexity index is 518. The Labute approximate surface area is 115 Å². The first kappa shape index (κ1) is 13.8. The Morgan fingerprint density at radius 2 is 1.79 bits per heavy atom. The van der Waals surface area contributed by atoms with Gasteiger partial charge in [-0.1, -0.05) is 37.6 Å². The molecule has 0 aliphatic carbocycles. The van der Waals surface area contributed by atoms with Gasteiger partial charge in [0.2, 0.25) is 0 Å². The third-order valence-corrected chi connectivity index (χ3v) is 3.21. The van der Waals surface area contributed by atoms with Gasteiger partial charge in [-0.25, -0.2) is 0 Å². The molecule has 2 rings (SSSR count). The van der Waals surface area contributed by atoms with Gasteiger partial charge in [-0.3, -0.25) is 4.98 Å². The average Bonchev–Trinajstić information content (AvgIpc) is 2.39. The van der Waals surface area contributed by atoms with Crippen LogP contribution in [0.15, 0.2) is 42.7 Å². The molecule has 0 saturated carbocycles. The molecule has 0 atom stereocenters. The van der Waals surface area contributed by atoms with Gasteiger partial charge in [-0.05, 0) is 42.2 Å². The van der Waals surface area contributed by atoms with E-state index < -0.39 is 0 Å². The zero-order valence-corrected chi connectivity index (χ0v) is 12.0. The topological polar surface area (TPSA) is 24.9 Å². The number of hydrogen-bond donors (Lipinski definition) is 1. The SMILES string of the molecule is Cc1ccc(CNC(C)C)c(Cc2ccncc2)c1. The van der Waals surface area contributed by atoms with Crippen LogP contribution in [0.5, 0.6) is 0 Å². The molecule has 2 heteroatoms. The van der Waals surface area contributed by atoms with Crippen molar-refractivity contribution in [1.82, 2.24) is 10.3 Å². The van der Waals surface area contributed by atoms with Crippen LogP contribution in [0.2, 0.25) is 0 Å². The Morgan fingerprint density at radius 3 is 2.47 bits per heavy atom. The Balaban J connectivity index is 2.19. The van der Waals surface area contributed by atoms with Crippen LogP contribution in [0.3, 0.4) is 0 Å². The summed E-state index contributed by atoms with van der Waals surface area (Å²) in [5.74, 6) is 0. The van der Waals surface area contributed by atoms with Gasteiger partial charge < -0.3 is 5.32 Å². The molecular formula is C17H22N2. The van der Waals surface area contributed by atoms with Crippen LogP contribution in [-0.2, 0) is 13.0 Å². The predicted molar refractivity (Wildman–Crippen MR) is 80.2 cm³/mol. The Kier molecular flexibility index (Phi) is 4.69. The Morgan fingerprint density at radius 1 is 1.05 bits per heavy atom. The van der Waals surface area contributed by atoms with E-state index in [9.17, 15) is 0 Å². The molecule has 1 aromatic carbocycles. The van der Waals surface area contributed by atoms with Crippen LogP contribution in [0.4, 0.5) is 0 Å².